The number of halogens is 1. The van der Waals surface area contributed by atoms with Gasteiger partial charge < -0.3 is 10.6 Å². The van der Waals surface area contributed by atoms with Gasteiger partial charge in [0.1, 0.15) is 5.82 Å². The van der Waals surface area contributed by atoms with Crippen molar-refractivity contribution in [1.82, 2.24) is 15.2 Å². The van der Waals surface area contributed by atoms with Gasteiger partial charge in [-0.2, -0.15) is 0 Å². The van der Waals surface area contributed by atoms with Crippen LogP contribution in [0.3, 0.4) is 0 Å². The Hall–Kier alpha value is -3.58. The molecule has 7 heteroatoms. The van der Waals surface area contributed by atoms with Crippen LogP contribution in [0.5, 0.6) is 0 Å². The number of pyridine rings is 1. The number of likely N-dealkylation sites (tertiary alicyclic amines) is 1. The second kappa shape index (κ2) is 10.8. The summed E-state index contributed by atoms with van der Waals surface area (Å²) in [5.41, 5.74) is 2.85. The van der Waals surface area contributed by atoms with Gasteiger partial charge in [-0.05, 0) is 60.8 Å². The highest BCUT2D eigenvalue weighted by atomic mass is 19.1. The van der Waals surface area contributed by atoms with E-state index in [1.54, 1.807) is 48.8 Å². The number of carbonyl (C=O) groups is 2. The second-order valence-corrected chi connectivity index (χ2v) is 8.28. The summed E-state index contributed by atoms with van der Waals surface area (Å²) in [5, 5.41) is 5.84. The van der Waals surface area contributed by atoms with Crippen molar-refractivity contribution < 1.29 is 14.0 Å². The Morgan fingerprint density at radius 2 is 1.85 bits per heavy atom. The normalized spacial score (nSPS) is 16.2. The number of aromatic nitrogens is 1. The standard InChI is InChI=1S/C26H27FN4O2/c27-22-11-9-19(10-12-22)17-31-14-4-6-21(18-31)25(32)30-24-8-2-1-7-23(24)26(33)29-16-20-5-3-13-28-15-20/h1-3,5,7-13,15,21H,4,6,14,16-18H2,(H,29,33)(H,30,32). The lowest BCUT2D eigenvalue weighted by Gasteiger charge is -2.32. The first-order valence-corrected chi connectivity index (χ1v) is 11.1. The summed E-state index contributed by atoms with van der Waals surface area (Å²) in [6, 6.07) is 17.2. The minimum atomic E-state index is -0.253. The molecule has 170 valence electrons. The Morgan fingerprint density at radius 3 is 2.64 bits per heavy atom. The fourth-order valence-corrected chi connectivity index (χ4v) is 4.07. The molecule has 0 aliphatic carbocycles. The van der Waals surface area contributed by atoms with Crippen LogP contribution in [0.4, 0.5) is 10.1 Å². The van der Waals surface area contributed by atoms with E-state index >= 15 is 0 Å². The number of rotatable bonds is 7. The lowest BCUT2D eigenvalue weighted by atomic mass is 9.96. The maximum Gasteiger partial charge on any atom is 0.253 e. The fraction of sp³-hybridized carbons (Fsp3) is 0.269. The van der Waals surface area contributed by atoms with E-state index in [-0.39, 0.29) is 23.5 Å². The summed E-state index contributed by atoms with van der Waals surface area (Å²) < 4.78 is 13.2. The van der Waals surface area contributed by atoms with E-state index in [0.29, 0.717) is 30.9 Å². The third-order valence-corrected chi connectivity index (χ3v) is 5.80. The van der Waals surface area contributed by atoms with Crippen molar-refractivity contribution in [1.29, 1.82) is 0 Å². The number of nitrogens with zero attached hydrogens (tertiary/aromatic N) is 2. The largest absolute Gasteiger partial charge is 0.348 e. The number of hydrogen-bond donors (Lipinski definition) is 2. The average molecular weight is 447 g/mol. The first kappa shape index (κ1) is 22.6. The minimum Gasteiger partial charge on any atom is -0.348 e. The van der Waals surface area contributed by atoms with E-state index in [9.17, 15) is 14.0 Å². The van der Waals surface area contributed by atoms with Crippen LogP contribution in [0.1, 0.15) is 34.3 Å². The molecule has 33 heavy (non-hydrogen) atoms. The minimum absolute atomic E-state index is 0.0914. The van der Waals surface area contributed by atoms with Crippen LogP contribution in [-0.4, -0.2) is 34.8 Å². The highest BCUT2D eigenvalue weighted by Crippen LogP contribution is 2.22. The van der Waals surface area contributed by atoms with Gasteiger partial charge in [-0.15, -0.1) is 0 Å². The van der Waals surface area contributed by atoms with Gasteiger partial charge in [0.2, 0.25) is 5.91 Å². The molecular weight excluding hydrogens is 419 g/mol. The average Bonchev–Trinajstić information content (AvgIpc) is 2.85. The molecule has 6 nitrogen and oxygen atoms in total. The van der Waals surface area contributed by atoms with E-state index < -0.39 is 0 Å². The molecule has 1 aliphatic heterocycles. The molecule has 1 fully saturated rings. The van der Waals surface area contributed by atoms with E-state index in [2.05, 4.69) is 20.5 Å². The fourth-order valence-electron chi connectivity index (χ4n) is 4.07. The van der Waals surface area contributed by atoms with Crippen molar-refractivity contribution in [2.75, 3.05) is 18.4 Å². The molecule has 0 radical (unpaired) electrons. The van der Waals surface area contributed by atoms with Crippen molar-refractivity contribution in [2.45, 2.75) is 25.9 Å². The smallest absolute Gasteiger partial charge is 0.253 e. The van der Waals surface area contributed by atoms with Gasteiger partial charge in [0.25, 0.3) is 5.91 Å². The molecule has 0 saturated carbocycles. The number of hydrogen-bond acceptors (Lipinski definition) is 4. The maximum absolute atomic E-state index is 13.2. The van der Waals surface area contributed by atoms with Gasteiger partial charge in [0.15, 0.2) is 0 Å². The van der Waals surface area contributed by atoms with Crippen molar-refractivity contribution in [3.8, 4) is 0 Å². The molecule has 0 bridgehead atoms. The number of amides is 2. The lowest BCUT2D eigenvalue weighted by molar-refractivity contribution is -0.121. The Labute approximate surface area is 192 Å². The Kier molecular flexibility index (Phi) is 7.42. The molecule has 2 amide bonds. The summed E-state index contributed by atoms with van der Waals surface area (Å²) in [4.78, 5) is 32.1. The summed E-state index contributed by atoms with van der Waals surface area (Å²) in [5.74, 6) is -0.772. The summed E-state index contributed by atoms with van der Waals surface area (Å²) in [6.45, 7) is 2.56. The molecule has 1 atom stereocenters. The van der Waals surface area contributed by atoms with Gasteiger partial charge >= 0.3 is 0 Å². The number of carbonyl (C=O) groups excluding carboxylic acids is 2. The van der Waals surface area contributed by atoms with Crippen LogP contribution >= 0.6 is 0 Å². The second-order valence-electron chi connectivity index (χ2n) is 8.28. The van der Waals surface area contributed by atoms with Crippen molar-refractivity contribution in [3.63, 3.8) is 0 Å². The molecule has 1 aliphatic rings. The first-order valence-electron chi connectivity index (χ1n) is 11.1. The van der Waals surface area contributed by atoms with E-state index in [1.807, 2.05) is 12.1 Å². The zero-order valence-corrected chi connectivity index (χ0v) is 18.3. The topological polar surface area (TPSA) is 74.3 Å². The summed E-state index contributed by atoms with van der Waals surface area (Å²) >= 11 is 0. The Balaban J connectivity index is 1.36. The maximum atomic E-state index is 13.2. The highest BCUT2D eigenvalue weighted by molar-refractivity contribution is 6.04. The van der Waals surface area contributed by atoms with E-state index in [4.69, 9.17) is 0 Å². The van der Waals surface area contributed by atoms with Crippen molar-refractivity contribution >= 4 is 17.5 Å². The van der Waals surface area contributed by atoms with Gasteiger partial charge in [-0.3, -0.25) is 19.5 Å². The predicted octanol–water partition coefficient (Wildman–Crippen LogP) is 4.00. The third kappa shape index (κ3) is 6.23. The van der Waals surface area contributed by atoms with Crippen LogP contribution in [0.25, 0.3) is 0 Å². The lowest BCUT2D eigenvalue weighted by Crippen LogP contribution is -2.40. The van der Waals surface area contributed by atoms with Crippen molar-refractivity contribution in [3.05, 3.63) is 95.6 Å². The first-order chi connectivity index (χ1) is 16.1. The van der Waals surface area contributed by atoms with Crippen LogP contribution in [0.15, 0.2) is 73.1 Å². The molecule has 1 aromatic heterocycles. The Bertz CT molecular complexity index is 1090. The molecular formula is C26H27FN4O2. The predicted molar refractivity (Wildman–Crippen MR) is 125 cm³/mol. The third-order valence-electron chi connectivity index (χ3n) is 5.80. The van der Waals surface area contributed by atoms with Gasteiger partial charge in [0, 0.05) is 32.0 Å². The molecule has 1 saturated heterocycles. The van der Waals surface area contributed by atoms with Crippen LogP contribution in [0, 0.1) is 11.7 Å². The number of benzene rings is 2. The van der Waals surface area contributed by atoms with Crippen LogP contribution < -0.4 is 10.6 Å². The highest BCUT2D eigenvalue weighted by Gasteiger charge is 2.26. The Morgan fingerprint density at radius 1 is 1.03 bits per heavy atom. The summed E-state index contributed by atoms with van der Waals surface area (Å²) in [6.07, 6.45) is 5.09. The number of para-hydroxylation sites is 1. The number of anilines is 1. The molecule has 2 aromatic carbocycles. The SMILES string of the molecule is O=C(NCc1cccnc1)c1ccccc1NC(=O)C1CCCN(Cc2ccc(F)cc2)C1. The zero-order chi connectivity index (χ0) is 23.0. The molecule has 3 aromatic rings. The number of piperidine rings is 1. The number of nitrogens with one attached hydrogen (secondary N) is 2. The van der Waals surface area contributed by atoms with Crippen molar-refractivity contribution in [2.24, 2.45) is 5.92 Å². The molecule has 1 unspecified atom stereocenters. The molecule has 2 N–H and O–H groups in total. The summed E-state index contributed by atoms with van der Waals surface area (Å²) in [7, 11) is 0. The molecule has 0 spiro atoms. The van der Waals surface area contributed by atoms with Gasteiger partial charge in [0.05, 0.1) is 17.2 Å². The van der Waals surface area contributed by atoms with Gasteiger partial charge in [-0.1, -0.05) is 30.3 Å². The van der Waals surface area contributed by atoms with E-state index in [0.717, 1.165) is 30.5 Å². The van der Waals surface area contributed by atoms with Crippen LogP contribution in [0.2, 0.25) is 0 Å². The quantitative estimate of drug-likeness (QED) is 0.575. The molecule has 4 rings (SSSR count). The van der Waals surface area contributed by atoms with Crippen LogP contribution in [-0.2, 0) is 17.9 Å². The van der Waals surface area contributed by atoms with Gasteiger partial charge in [-0.25, -0.2) is 4.39 Å². The van der Waals surface area contributed by atoms with E-state index in [1.165, 1.54) is 12.1 Å². The molecule has 2 heterocycles. The monoisotopic (exact) mass is 446 g/mol. The zero-order valence-electron chi connectivity index (χ0n) is 18.3.